The number of pyridine rings is 1. The van der Waals surface area contributed by atoms with Gasteiger partial charge in [0.15, 0.2) is 0 Å². The lowest BCUT2D eigenvalue weighted by Gasteiger charge is -2.24. The van der Waals surface area contributed by atoms with Crippen molar-refractivity contribution in [3.8, 4) is 0 Å². The molecule has 0 fully saturated rings. The van der Waals surface area contributed by atoms with Gasteiger partial charge in [0.25, 0.3) is 5.56 Å². The third-order valence-electron chi connectivity index (χ3n) is 4.39. The van der Waals surface area contributed by atoms with Gasteiger partial charge in [-0.15, -0.1) is 0 Å². The number of alkyl halides is 3. The van der Waals surface area contributed by atoms with E-state index in [9.17, 15) is 18.0 Å². The standard InChI is InChI=1S/C19H19BrClF3N6O/c1-3-30(8-9(2)25)18-28-15-12(20)7-26-17(31)14(15)16(29-18)27-10-4-5-13(21)11(6-10)19(22,23)24/h4-7,9H,3,8,25H2,1-2H3,(H,26,31)(H,27,28,29)/t9-/m1/s1. The number of fused-ring (bicyclic) bond motifs is 1. The highest BCUT2D eigenvalue weighted by Gasteiger charge is 2.33. The second kappa shape index (κ2) is 9.01. The van der Waals surface area contributed by atoms with Crippen molar-refractivity contribution in [3.05, 3.63) is 49.8 Å². The lowest BCUT2D eigenvalue weighted by atomic mass is 10.2. The smallest absolute Gasteiger partial charge is 0.339 e. The van der Waals surface area contributed by atoms with Gasteiger partial charge in [0, 0.05) is 31.0 Å². The summed E-state index contributed by atoms with van der Waals surface area (Å²) in [6.45, 7) is 4.70. The Morgan fingerprint density at radius 2 is 2.06 bits per heavy atom. The Morgan fingerprint density at radius 3 is 2.68 bits per heavy atom. The molecule has 0 saturated carbocycles. The second-order valence-electron chi connectivity index (χ2n) is 6.89. The van der Waals surface area contributed by atoms with Gasteiger partial charge >= 0.3 is 6.18 Å². The fraction of sp³-hybridized carbons (Fsp3) is 0.316. The van der Waals surface area contributed by atoms with Gasteiger partial charge < -0.3 is 20.9 Å². The van der Waals surface area contributed by atoms with E-state index in [-0.39, 0.29) is 28.9 Å². The molecule has 12 heteroatoms. The molecule has 0 saturated heterocycles. The first-order valence-corrected chi connectivity index (χ1v) is 10.4. The third kappa shape index (κ3) is 5.10. The average Bonchev–Trinajstić information content (AvgIpc) is 2.69. The maximum Gasteiger partial charge on any atom is 0.417 e. The number of rotatable bonds is 6. The van der Waals surface area contributed by atoms with Gasteiger partial charge in [0.05, 0.1) is 20.6 Å². The summed E-state index contributed by atoms with van der Waals surface area (Å²) in [5.41, 5.74) is 4.79. The van der Waals surface area contributed by atoms with Crippen molar-refractivity contribution >= 4 is 55.9 Å². The van der Waals surface area contributed by atoms with Gasteiger partial charge in [-0.05, 0) is 48.0 Å². The molecular weight excluding hydrogens is 501 g/mol. The summed E-state index contributed by atoms with van der Waals surface area (Å²) in [4.78, 5) is 25.8. The maximum absolute atomic E-state index is 13.3. The fourth-order valence-electron chi connectivity index (χ4n) is 2.99. The van der Waals surface area contributed by atoms with Gasteiger partial charge in [0.2, 0.25) is 5.95 Å². The summed E-state index contributed by atoms with van der Waals surface area (Å²) in [6, 6.07) is 3.19. The van der Waals surface area contributed by atoms with Crippen LogP contribution in [0, 0.1) is 0 Å². The molecule has 0 bridgehead atoms. The Balaban J connectivity index is 2.19. The van der Waals surface area contributed by atoms with Crippen LogP contribution in [0.25, 0.3) is 10.9 Å². The van der Waals surface area contributed by atoms with Crippen molar-refractivity contribution in [1.82, 2.24) is 15.0 Å². The number of halogens is 5. The van der Waals surface area contributed by atoms with Crippen LogP contribution in [-0.2, 0) is 6.18 Å². The number of benzene rings is 1. The van der Waals surface area contributed by atoms with Gasteiger partial charge in [0.1, 0.15) is 11.2 Å². The van der Waals surface area contributed by atoms with Crippen LogP contribution in [0.15, 0.2) is 33.7 Å². The van der Waals surface area contributed by atoms with E-state index in [2.05, 4.69) is 36.2 Å². The molecule has 0 aliphatic carbocycles. The SMILES string of the molecule is CCN(C[C@@H](C)N)c1nc(Nc2ccc(Cl)c(C(F)(F)F)c2)c2c(=O)[nH]cc(Br)c2n1. The first-order chi connectivity index (χ1) is 14.5. The molecule has 31 heavy (non-hydrogen) atoms. The van der Waals surface area contributed by atoms with E-state index >= 15 is 0 Å². The summed E-state index contributed by atoms with van der Waals surface area (Å²) in [6.07, 6.45) is -3.19. The molecule has 0 spiro atoms. The molecule has 0 aliphatic heterocycles. The topological polar surface area (TPSA) is 99.9 Å². The second-order valence-corrected chi connectivity index (χ2v) is 8.16. The predicted octanol–water partition coefficient (Wildman–Crippen LogP) is 4.67. The van der Waals surface area contributed by atoms with Crippen LogP contribution < -0.4 is 21.5 Å². The lowest BCUT2D eigenvalue weighted by molar-refractivity contribution is -0.137. The van der Waals surface area contributed by atoms with Crippen molar-refractivity contribution < 1.29 is 13.2 Å². The largest absolute Gasteiger partial charge is 0.417 e. The van der Waals surface area contributed by atoms with Crippen molar-refractivity contribution in [2.24, 2.45) is 5.73 Å². The Bertz CT molecular complexity index is 1170. The number of nitrogens with one attached hydrogen (secondary N) is 2. The number of hydrogen-bond donors (Lipinski definition) is 3. The number of hydrogen-bond acceptors (Lipinski definition) is 6. The number of nitrogens with two attached hydrogens (primary N) is 1. The molecule has 1 atom stereocenters. The van der Waals surface area contributed by atoms with Crippen LogP contribution >= 0.6 is 27.5 Å². The first kappa shape index (κ1) is 23.3. The van der Waals surface area contributed by atoms with Crippen molar-refractivity contribution in [1.29, 1.82) is 0 Å². The molecule has 3 aromatic rings. The molecular formula is C19H19BrClF3N6O. The predicted molar refractivity (Wildman–Crippen MR) is 119 cm³/mol. The number of likely N-dealkylation sites (N-methyl/N-ethyl adjacent to an activating group) is 1. The van der Waals surface area contributed by atoms with E-state index in [1.807, 2.05) is 18.7 Å². The van der Waals surface area contributed by atoms with Gasteiger partial charge in [-0.1, -0.05) is 11.6 Å². The number of aromatic nitrogens is 3. The Hall–Kier alpha value is -2.37. The molecule has 0 amide bonds. The Morgan fingerprint density at radius 1 is 1.35 bits per heavy atom. The maximum atomic E-state index is 13.3. The van der Waals surface area contributed by atoms with Gasteiger partial charge in [-0.2, -0.15) is 18.2 Å². The zero-order valence-electron chi connectivity index (χ0n) is 16.5. The molecule has 0 unspecified atom stereocenters. The lowest BCUT2D eigenvalue weighted by Crippen LogP contribution is -2.36. The minimum absolute atomic E-state index is 0.0566. The molecule has 1 aromatic carbocycles. The van der Waals surface area contributed by atoms with E-state index in [0.717, 1.165) is 12.1 Å². The Kier molecular flexibility index (Phi) is 6.77. The molecule has 4 N–H and O–H groups in total. The number of H-pyrrole nitrogens is 1. The zero-order valence-corrected chi connectivity index (χ0v) is 18.9. The average molecular weight is 520 g/mol. The minimum Gasteiger partial charge on any atom is -0.339 e. The molecule has 2 heterocycles. The number of nitrogens with zero attached hydrogens (tertiary/aromatic N) is 3. The summed E-state index contributed by atoms with van der Waals surface area (Å²) < 4.78 is 40.3. The summed E-state index contributed by atoms with van der Waals surface area (Å²) in [5.74, 6) is 0.340. The number of anilines is 3. The van der Waals surface area contributed by atoms with E-state index < -0.39 is 22.3 Å². The summed E-state index contributed by atoms with van der Waals surface area (Å²) in [7, 11) is 0. The van der Waals surface area contributed by atoms with Crippen LogP contribution in [0.5, 0.6) is 0 Å². The van der Waals surface area contributed by atoms with E-state index in [1.54, 1.807) is 0 Å². The highest BCUT2D eigenvalue weighted by molar-refractivity contribution is 9.10. The van der Waals surface area contributed by atoms with Gasteiger partial charge in [-0.3, -0.25) is 4.79 Å². The first-order valence-electron chi connectivity index (χ1n) is 9.24. The molecule has 7 nitrogen and oxygen atoms in total. The van der Waals surface area contributed by atoms with E-state index in [1.165, 1.54) is 12.3 Å². The molecule has 2 aromatic heterocycles. The molecule has 3 rings (SSSR count). The van der Waals surface area contributed by atoms with Crippen LogP contribution in [0.4, 0.5) is 30.6 Å². The van der Waals surface area contributed by atoms with Crippen molar-refractivity contribution in [3.63, 3.8) is 0 Å². The monoisotopic (exact) mass is 518 g/mol. The van der Waals surface area contributed by atoms with Crippen LogP contribution in [0.2, 0.25) is 5.02 Å². The van der Waals surface area contributed by atoms with Gasteiger partial charge in [-0.25, -0.2) is 4.98 Å². The third-order valence-corrected chi connectivity index (χ3v) is 5.32. The zero-order chi connectivity index (χ0) is 22.9. The molecule has 0 aliphatic rings. The number of aromatic amines is 1. The molecule has 0 radical (unpaired) electrons. The fourth-order valence-corrected chi connectivity index (χ4v) is 3.62. The molecule has 166 valence electrons. The van der Waals surface area contributed by atoms with Crippen molar-refractivity contribution in [2.75, 3.05) is 23.3 Å². The Labute approximate surface area is 188 Å². The van der Waals surface area contributed by atoms with E-state index in [0.29, 0.717) is 23.1 Å². The highest BCUT2D eigenvalue weighted by atomic mass is 79.9. The highest BCUT2D eigenvalue weighted by Crippen LogP contribution is 2.37. The van der Waals surface area contributed by atoms with E-state index in [4.69, 9.17) is 17.3 Å². The summed E-state index contributed by atoms with van der Waals surface area (Å²) in [5, 5.41) is 2.49. The normalized spacial score (nSPS) is 12.8. The quantitative estimate of drug-likeness (QED) is 0.438. The van der Waals surface area contributed by atoms with Crippen LogP contribution in [0.1, 0.15) is 19.4 Å². The van der Waals surface area contributed by atoms with Crippen LogP contribution in [-0.4, -0.2) is 34.1 Å². The van der Waals surface area contributed by atoms with Crippen LogP contribution in [0.3, 0.4) is 0 Å². The summed E-state index contributed by atoms with van der Waals surface area (Å²) >= 11 is 9.06. The van der Waals surface area contributed by atoms with Crippen molar-refractivity contribution in [2.45, 2.75) is 26.1 Å². The minimum atomic E-state index is -4.63.